The van der Waals surface area contributed by atoms with Crippen LogP contribution >= 0.6 is 11.6 Å². The molecule has 1 amide bonds. The van der Waals surface area contributed by atoms with Crippen LogP contribution in [0.25, 0.3) is 0 Å². The predicted molar refractivity (Wildman–Crippen MR) is 67.1 cm³/mol. The first-order valence-electron chi connectivity index (χ1n) is 4.79. The Labute approximate surface area is 108 Å². The number of carbonyl (C=O) groups is 1. The summed E-state index contributed by atoms with van der Waals surface area (Å²) < 4.78 is 0. The van der Waals surface area contributed by atoms with Gasteiger partial charge >= 0.3 is 0 Å². The summed E-state index contributed by atoms with van der Waals surface area (Å²) in [6.07, 6.45) is 0. The van der Waals surface area contributed by atoms with Gasteiger partial charge in [0.15, 0.2) is 0 Å². The summed E-state index contributed by atoms with van der Waals surface area (Å²) in [5.41, 5.74) is 4.25. The average molecular weight is 274 g/mol. The molecule has 0 aromatic heterocycles. The second-order valence-corrected chi connectivity index (χ2v) is 4.00. The number of carbonyl (C=O) groups excluding carboxylic acids is 1. The quantitative estimate of drug-likeness (QED) is 0.424. The first-order chi connectivity index (χ1) is 8.36. The summed E-state index contributed by atoms with van der Waals surface area (Å²) in [6.45, 7) is 0. The molecule has 8 nitrogen and oxygen atoms in total. The Balaban J connectivity index is 3.24. The average Bonchev–Trinajstić information content (AvgIpc) is 2.26. The second-order valence-electron chi connectivity index (χ2n) is 3.59. The predicted octanol–water partition coefficient (Wildman–Crippen LogP) is 0.740. The van der Waals surface area contributed by atoms with Crippen molar-refractivity contribution in [2.45, 2.75) is 0 Å². The van der Waals surface area contributed by atoms with E-state index in [4.69, 9.17) is 17.4 Å². The molecule has 1 aromatic carbocycles. The van der Waals surface area contributed by atoms with Gasteiger partial charge < -0.3 is 5.43 Å². The Hall–Kier alpha value is -1.90. The molecule has 0 aliphatic carbocycles. The lowest BCUT2D eigenvalue weighted by Crippen LogP contribution is -2.36. The fourth-order valence-electron chi connectivity index (χ4n) is 1.28. The van der Waals surface area contributed by atoms with Crippen molar-refractivity contribution < 1.29 is 9.72 Å². The minimum atomic E-state index is -0.673. The van der Waals surface area contributed by atoms with E-state index >= 15 is 0 Å². The minimum Gasteiger partial charge on any atom is -0.317 e. The summed E-state index contributed by atoms with van der Waals surface area (Å²) in [5, 5.41) is 12.2. The highest BCUT2D eigenvalue weighted by Crippen LogP contribution is 2.32. The van der Waals surface area contributed by atoms with Crippen LogP contribution in [0.3, 0.4) is 0 Å². The molecule has 4 N–H and O–H groups in total. The van der Waals surface area contributed by atoms with Crippen LogP contribution in [-0.2, 0) is 0 Å². The lowest BCUT2D eigenvalue weighted by Gasteiger charge is -2.12. The molecule has 0 fully saturated rings. The van der Waals surface area contributed by atoms with Gasteiger partial charge in [-0.05, 0) is 6.07 Å². The van der Waals surface area contributed by atoms with Crippen molar-refractivity contribution >= 4 is 28.9 Å². The fraction of sp³-hybridized carbons (Fsp3) is 0.222. The number of nitro benzene ring substituents is 1. The number of benzene rings is 1. The number of nitrogens with two attached hydrogens (primary N) is 1. The summed E-state index contributed by atoms with van der Waals surface area (Å²) in [4.78, 5) is 21.9. The largest absolute Gasteiger partial charge is 0.317 e. The molecule has 1 aromatic rings. The van der Waals surface area contributed by atoms with Crippen LogP contribution in [-0.4, -0.2) is 29.9 Å². The molecular weight excluding hydrogens is 262 g/mol. The smallest absolute Gasteiger partial charge is 0.295 e. The van der Waals surface area contributed by atoms with Gasteiger partial charge in [-0.25, -0.2) is 5.01 Å². The number of nitrogens with zero attached hydrogens (tertiary/aromatic N) is 2. The molecule has 0 unspecified atom stereocenters. The standard InChI is InChI=1S/C9H12ClN5O3/c1-14(2)13-9(16)5-3-6(10)8(12-11)7(4-5)15(17)18/h3-4,12H,11H2,1-2H3,(H,13,16). The van der Waals surface area contributed by atoms with Gasteiger partial charge in [0.25, 0.3) is 11.6 Å². The van der Waals surface area contributed by atoms with E-state index in [1.807, 2.05) is 0 Å². The van der Waals surface area contributed by atoms with Gasteiger partial charge in [-0.3, -0.25) is 26.2 Å². The van der Waals surface area contributed by atoms with Crippen molar-refractivity contribution in [3.05, 3.63) is 32.8 Å². The maximum Gasteiger partial charge on any atom is 0.295 e. The van der Waals surface area contributed by atoms with Crippen LogP contribution in [0.2, 0.25) is 5.02 Å². The van der Waals surface area contributed by atoms with Crippen molar-refractivity contribution in [2.75, 3.05) is 19.5 Å². The molecule has 0 heterocycles. The lowest BCUT2D eigenvalue weighted by atomic mass is 10.1. The molecular formula is C9H12ClN5O3. The van der Waals surface area contributed by atoms with E-state index in [2.05, 4.69) is 10.9 Å². The Morgan fingerprint density at radius 1 is 1.50 bits per heavy atom. The molecule has 9 heteroatoms. The van der Waals surface area contributed by atoms with Crippen LogP contribution in [0.5, 0.6) is 0 Å². The van der Waals surface area contributed by atoms with Crippen LogP contribution in [0.1, 0.15) is 10.4 Å². The van der Waals surface area contributed by atoms with Gasteiger partial charge in [0.05, 0.1) is 9.95 Å². The Kier molecular flexibility index (Phi) is 4.43. The van der Waals surface area contributed by atoms with Crippen molar-refractivity contribution in [3.8, 4) is 0 Å². The molecule has 0 bridgehead atoms. The number of nitrogens with one attached hydrogen (secondary N) is 2. The number of halogens is 1. The fourth-order valence-corrected chi connectivity index (χ4v) is 1.55. The third-order valence-electron chi connectivity index (χ3n) is 2.00. The molecule has 0 saturated carbocycles. The molecule has 0 spiro atoms. The van der Waals surface area contributed by atoms with E-state index < -0.39 is 10.8 Å². The topological polar surface area (TPSA) is 114 Å². The highest BCUT2D eigenvalue weighted by Gasteiger charge is 2.21. The molecule has 0 saturated heterocycles. The van der Waals surface area contributed by atoms with Crippen LogP contribution < -0.4 is 16.7 Å². The number of hydrazine groups is 2. The number of amides is 1. The Morgan fingerprint density at radius 2 is 2.11 bits per heavy atom. The lowest BCUT2D eigenvalue weighted by molar-refractivity contribution is -0.384. The molecule has 0 radical (unpaired) electrons. The van der Waals surface area contributed by atoms with Gasteiger partial charge in [0.1, 0.15) is 5.69 Å². The van der Waals surface area contributed by atoms with Gasteiger partial charge in [-0.2, -0.15) is 0 Å². The van der Waals surface area contributed by atoms with Crippen LogP contribution in [0.15, 0.2) is 12.1 Å². The highest BCUT2D eigenvalue weighted by molar-refractivity contribution is 6.34. The number of rotatable bonds is 4. The SMILES string of the molecule is CN(C)NC(=O)c1cc(Cl)c(NN)c([N+](=O)[O-])c1. The Morgan fingerprint density at radius 3 is 2.56 bits per heavy atom. The Bertz CT molecular complexity index is 491. The van der Waals surface area contributed by atoms with Gasteiger partial charge in [-0.1, -0.05) is 11.6 Å². The monoisotopic (exact) mass is 273 g/mol. The van der Waals surface area contributed by atoms with Gasteiger partial charge in [0, 0.05) is 25.7 Å². The maximum absolute atomic E-state index is 11.7. The zero-order valence-electron chi connectivity index (χ0n) is 9.73. The summed E-state index contributed by atoms with van der Waals surface area (Å²) in [7, 11) is 3.23. The van der Waals surface area contributed by atoms with Gasteiger partial charge in [0.2, 0.25) is 0 Å². The van der Waals surface area contributed by atoms with E-state index in [0.717, 1.165) is 6.07 Å². The summed E-state index contributed by atoms with van der Waals surface area (Å²) in [6, 6.07) is 2.39. The number of anilines is 1. The molecule has 18 heavy (non-hydrogen) atoms. The third-order valence-corrected chi connectivity index (χ3v) is 2.30. The number of nitro groups is 1. The second kappa shape index (κ2) is 5.63. The molecule has 1 rings (SSSR count). The molecule has 0 atom stereocenters. The number of hydrogen-bond acceptors (Lipinski definition) is 6. The zero-order chi connectivity index (χ0) is 13.9. The molecule has 0 aliphatic rings. The van der Waals surface area contributed by atoms with Crippen molar-refractivity contribution in [1.82, 2.24) is 10.4 Å². The van der Waals surface area contributed by atoms with Crippen LogP contribution in [0, 0.1) is 10.1 Å². The van der Waals surface area contributed by atoms with E-state index in [-0.39, 0.29) is 22.0 Å². The minimum absolute atomic E-state index is 0.00407. The van der Waals surface area contributed by atoms with E-state index in [9.17, 15) is 14.9 Å². The first kappa shape index (κ1) is 14.2. The molecule has 98 valence electrons. The number of nitrogen functional groups attached to an aromatic ring is 1. The summed E-state index contributed by atoms with van der Waals surface area (Å²) >= 11 is 5.82. The third kappa shape index (κ3) is 3.06. The molecule has 0 aliphatic heterocycles. The van der Waals surface area contributed by atoms with Gasteiger partial charge in [-0.15, -0.1) is 0 Å². The normalized spacial score (nSPS) is 10.3. The van der Waals surface area contributed by atoms with Crippen molar-refractivity contribution in [1.29, 1.82) is 0 Å². The number of hydrogen-bond donors (Lipinski definition) is 3. The maximum atomic E-state index is 11.7. The van der Waals surface area contributed by atoms with Crippen molar-refractivity contribution in [3.63, 3.8) is 0 Å². The van der Waals surface area contributed by atoms with E-state index in [1.165, 1.54) is 11.1 Å². The van der Waals surface area contributed by atoms with E-state index in [1.54, 1.807) is 14.1 Å². The summed E-state index contributed by atoms with van der Waals surface area (Å²) in [5.74, 6) is 4.64. The first-order valence-corrected chi connectivity index (χ1v) is 5.17. The van der Waals surface area contributed by atoms with Crippen molar-refractivity contribution in [2.24, 2.45) is 5.84 Å². The highest BCUT2D eigenvalue weighted by atomic mass is 35.5. The van der Waals surface area contributed by atoms with Crippen LogP contribution in [0.4, 0.5) is 11.4 Å². The zero-order valence-corrected chi connectivity index (χ0v) is 10.5. The van der Waals surface area contributed by atoms with E-state index in [0.29, 0.717) is 0 Å².